The molecule has 16 heavy (non-hydrogen) atoms. The van der Waals surface area contributed by atoms with Gasteiger partial charge in [0.05, 0.1) is 6.10 Å². The Morgan fingerprint density at radius 2 is 2.38 bits per heavy atom. The van der Waals surface area contributed by atoms with Crippen LogP contribution in [0.1, 0.15) is 18.1 Å². The van der Waals surface area contributed by atoms with Crippen LogP contribution in [0.15, 0.2) is 22.3 Å². The summed E-state index contributed by atoms with van der Waals surface area (Å²) in [6, 6.07) is 0. The molecule has 0 amide bonds. The van der Waals surface area contributed by atoms with Crippen molar-refractivity contribution in [3.63, 3.8) is 0 Å². The highest BCUT2D eigenvalue weighted by Crippen LogP contribution is 2.16. The molecular formula is C8H11N5O3. The number of azide groups is 1. The van der Waals surface area contributed by atoms with Crippen molar-refractivity contribution in [1.82, 2.24) is 9.97 Å². The van der Waals surface area contributed by atoms with Gasteiger partial charge in [-0.15, -0.1) is 0 Å². The molecule has 0 fully saturated rings. The second-order valence-corrected chi connectivity index (χ2v) is 3.11. The Morgan fingerprint density at radius 1 is 1.62 bits per heavy atom. The van der Waals surface area contributed by atoms with Gasteiger partial charge < -0.3 is 15.2 Å². The van der Waals surface area contributed by atoms with Gasteiger partial charge in [0.1, 0.15) is 6.10 Å². The summed E-state index contributed by atoms with van der Waals surface area (Å²) in [5.41, 5.74) is 7.80. The summed E-state index contributed by atoms with van der Waals surface area (Å²) >= 11 is 0. The van der Waals surface area contributed by atoms with E-state index in [0.717, 1.165) is 0 Å². The smallest absolute Gasteiger partial charge is 0.344 e. The third kappa shape index (κ3) is 3.35. The van der Waals surface area contributed by atoms with Crippen molar-refractivity contribution in [2.45, 2.75) is 18.6 Å². The molecule has 8 nitrogen and oxygen atoms in total. The van der Waals surface area contributed by atoms with Gasteiger partial charge in [-0.25, -0.2) is 9.78 Å². The second kappa shape index (κ2) is 5.86. The number of H-pyrrole nitrogens is 1. The van der Waals surface area contributed by atoms with Crippen molar-refractivity contribution < 1.29 is 10.2 Å². The highest BCUT2D eigenvalue weighted by Gasteiger charge is 2.18. The molecule has 3 N–H and O–H groups in total. The number of nitrogens with one attached hydrogen (secondary N) is 1. The van der Waals surface area contributed by atoms with E-state index in [4.69, 9.17) is 5.53 Å². The fraction of sp³-hybridized carbons (Fsp3) is 0.500. The Hall–Kier alpha value is -1.89. The second-order valence-electron chi connectivity index (χ2n) is 3.11. The minimum Gasteiger partial charge on any atom is -0.390 e. The molecule has 86 valence electrons. The van der Waals surface area contributed by atoms with E-state index in [1.165, 1.54) is 12.4 Å². The number of hydrogen-bond donors (Lipinski definition) is 3. The zero-order valence-corrected chi connectivity index (χ0v) is 8.32. The van der Waals surface area contributed by atoms with Crippen LogP contribution in [0.2, 0.25) is 0 Å². The van der Waals surface area contributed by atoms with Crippen LogP contribution in [0.25, 0.3) is 10.4 Å². The average Bonchev–Trinajstić information content (AvgIpc) is 2.29. The summed E-state index contributed by atoms with van der Waals surface area (Å²) in [4.78, 5) is 18.9. The molecule has 0 aliphatic heterocycles. The van der Waals surface area contributed by atoms with Crippen molar-refractivity contribution in [2.75, 3.05) is 6.54 Å². The van der Waals surface area contributed by atoms with Crippen molar-refractivity contribution in [1.29, 1.82) is 0 Å². The quantitative estimate of drug-likeness (QED) is 0.365. The third-order valence-electron chi connectivity index (χ3n) is 1.99. The summed E-state index contributed by atoms with van der Waals surface area (Å²) in [5, 5.41) is 22.4. The fourth-order valence-corrected chi connectivity index (χ4v) is 1.13. The molecule has 2 atom stereocenters. The number of rotatable bonds is 5. The van der Waals surface area contributed by atoms with Gasteiger partial charge in [-0.2, -0.15) is 0 Å². The Kier molecular flexibility index (Phi) is 4.46. The van der Waals surface area contributed by atoms with Gasteiger partial charge in [0, 0.05) is 29.4 Å². The summed E-state index contributed by atoms with van der Waals surface area (Å²) in [6.45, 7) is 0.0888. The number of aromatic nitrogens is 2. The Balaban J connectivity index is 2.62. The predicted molar refractivity (Wildman–Crippen MR) is 54.5 cm³/mol. The number of aliphatic hydroxyl groups excluding tert-OH is 2. The molecule has 8 heteroatoms. The number of nitrogens with zero attached hydrogens (tertiary/aromatic N) is 4. The summed E-state index contributed by atoms with van der Waals surface area (Å²) in [7, 11) is 0. The molecule has 1 aromatic rings. The minimum atomic E-state index is -1.17. The van der Waals surface area contributed by atoms with Gasteiger partial charge in [0.25, 0.3) is 0 Å². The van der Waals surface area contributed by atoms with Gasteiger partial charge in [-0.3, -0.25) is 0 Å². The van der Waals surface area contributed by atoms with E-state index in [9.17, 15) is 15.0 Å². The molecule has 0 radical (unpaired) electrons. The Labute approximate surface area is 90.2 Å². The van der Waals surface area contributed by atoms with E-state index in [0.29, 0.717) is 5.56 Å². The van der Waals surface area contributed by atoms with E-state index in [2.05, 4.69) is 20.0 Å². The maximum absolute atomic E-state index is 10.7. The van der Waals surface area contributed by atoms with Crippen LogP contribution in [0.3, 0.4) is 0 Å². The van der Waals surface area contributed by atoms with E-state index in [1.807, 2.05) is 0 Å². The van der Waals surface area contributed by atoms with Crippen LogP contribution >= 0.6 is 0 Å². The average molecular weight is 225 g/mol. The number of hydrogen-bond acceptors (Lipinski definition) is 5. The summed E-state index contributed by atoms with van der Waals surface area (Å²) < 4.78 is 0. The van der Waals surface area contributed by atoms with Crippen molar-refractivity contribution in [3.8, 4) is 0 Å². The maximum atomic E-state index is 10.7. The van der Waals surface area contributed by atoms with Gasteiger partial charge in [0.15, 0.2) is 0 Å². The minimum absolute atomic E-state index is 0.0888. The predicted octanol–water partition coefficient (Wildman–Crippen LogP) is -0.135. The molecule has 0 spiro atoms. The molecule has 0 aromatic carbocycles. The molecule has 1 heterocycles. The molecular weight excluding hydrogens is 214 g/mol. The first-order valence-electron chi connectivity index (χ1n) is 4.56. The maximum Gasteiger partial charge on any atom is 0.344 e. The van der Waals surface area contributed by atoms with Crippen LogP contribution in [0, 0.1) is 0 Å². The lowest BCUT2D eigenvalue weighted by molar-refractivity contribution is 0.0146. The van der Waals surface area contributed by atoms with Crippen LogP contribution in [0.5, 0.6) is 0 Å². The van der Waals surface area contributed by atoms with Crippen LogP contribution in [-0.2, 0) is 0 Å². The van der Waals surface area contributed by atoms with Crippen molar-refractivity contribution >= 4 is 0 Å². The zero-order valence-electron chi connectivity index (χ0n) is 8.32. The monoisotopic (exact) mass is 225 g/mol. The zero-order chi connectivity index (χ0) is 12.0. The summed E-state index contributed by atoms with van der Waals surface area (Å²) in [5.74, 6) is 0. The third-order valence-corrected chi connectivity index (χ3v) is 1.99. The first kappa shape index (κ1) is 12.2. The first-order valence-corrected chi connectivity index (χ1v) is 4.56. The van der Waals surface area contributed by atoms with Crippen LogP contribution < -0.4 is 5.69 Å². The Morgan fingerprint density at radius 3 is 2.94 bits per heavy atom. The molecule has 2 unspecified atom stereocenters. The van der Waals surface area contributed by atoms with Gasteiger partial charge in [0.2, 0.25) is 0 Å². The van der Waals surface area contributed by atoms with E-state index >= 15 is 0 Å². The molecule has 0 aliphatic carbocycles. The lowest BCUT2D eigenvalue weighted by Crippen LogP contribution is -2.21. The topological polar surface area (TPSA) is 135 Å². The largest absolute Gasteiger partial charge is 0.390 e. The highest BCUT2D eigenvalue weighted by molar-refractivity contribution is 5.08. The van der Waals surface area contributed by atoms with E-state index < -0.39 is 17.9 Å². The normalized spacial score (nSPS) is 13.9. The van der Waals surface area contributed by atoms with Gasteiger partial charge in [-0.05, 0) is 12.0 Å². The molecule has 0 saturated carbocycles. The van der Waals surface area contributed by atoms with Gasteiger partial charge in [-0.1, -0.05) is 5.11 Å². The molecule has 0 saturated heterocycles. The highest BCUT2D eigenvalue weighted by atomic mass is 16.3. The number of aliphatic hydroxyl groups is 2. The van der Waals surface area contributed by atoms with Gasteiger partial charge >= 0.3 is 5.69 Å². The molecule has 0 aliphatic rings. The molecule has 1 rings (SSSR count). The van der Waals surface area contributed by atoms with Crippen molar-refractivity contribution in [2.24, 2.45) is 5.11 Å². The molecule has 1 aromatic heterocycles. The van der Waals surface area contributed by atoms with E-state index in [1.54, 1.807) is 0 Å². The standard InChI is InChI=1S/C8H11N5O3/c9-13-12-2-1-6(14)7(15)5-3-10-8(16)11-4-5/h3-4,6-7,14-15H,1-2H2,(H,10,11,16). The summed E-state index contributed by atoms with van der Waals surface area (Å²) in [6.07, 6.45) is 0.345. The lowest BCUT2D eigenvalue weighted by Gasteiger charge is -2.16. The van der Waals surface area contributed by atoms with E-state index in [-0.39, 0.29) is 13.0 Å². The number of aromatic amines is 1. The SMILES string of the molecule is [N-]=[N+]=NCCC(O)C(O)c1cnc(=O)[nH]c1. The fourth-order valence-electron chi connectivity index (χ4n) is 1.13. The molecule has 0 bridgehead atoms. The first-order chi connectivity index (χ1) is 7.65. The van der Waals surface area contributed by atoms with Crippen LogP contribution in [0.4, 0.5) is 0 Å². The van der Waals surface area contributed by atoms with Crippen molar-refractivity contribution in [3.05, 3.63) is 38.9 Å². The van der Waals surface area contributed by atoms with Crippen LogP contribution in [-0.4, -0.2) is 32.8 Å². The Bertz CT molecular complexity index is 419. The lowest BCUT2D eigenvalue weighted by atomic mass is 10.1.